The first-order valence-electron chi connectivity index (χ1n) is 7.27. The molecule has 2 heteroatoms. The summed E-state index contributed by atoms with van der Waals surface area (Å²) in [6.07, 6.45) is 8.72. The molecule has 0 bridgehead atoms. The van der Waals surface area contributed by atoms with Gasteiger partial charge in [-0.1, -0.05) is 18.1 Å². The van der Waals surface area contributed by atoms with E-state index in [1.165, 1.54) is 11.1 Å². The van der Waals surface area contributed by atoms with Gasteiger partial charge in [0, 0.05) is 17.3 Å². The van der Waals surface area contributed by atoms with Crippen molar-refractivity contribution in [3.63, 3.8) is 0 Å². The lowest BCUT2D eigenvalue weighted by atomic mass is 9.88. The monoisotopic (exact) mass is 277 g/mol. The summed E-state index contributed by atoms with van der Waals surface area (Å²) >= 11 is 0. The van der Waals surface area contributed by atoms with E-state index in [4.69, 9.17) is 11.2 Å². The van der Waals surface area contributed by atoms with Crippen LogP contribution in [0.2, 0.25) is 0 Å². The molecule has 2 aromatic rings. The minimum absolute atomic E-state index is 0.442. The molecule has 0 radical (unpaired) electrons. The standard InChI is InChI=1S/C19H19NO/c1-3-14-5-4-6-17(11-14)20-18-9-7-15-8-10-19(21-2)13-16(15)12-18/h1,4-6,8,10-11,13,18,20H,7,9,12H2,2H3. The van der Waals surface area contributed by atoms with Crippen LogP contribution < -0.4 is 10.1 Å². The zero-order chi connectivity index (χ0) is 14.7. The second-order valence-electron chi connectivity index (χ2n) is 5.44. The number of hydrogen-bond donors (Lipinski definition) is 1. The van der Waals surface area contributed by atoms with Crippen molar-refractivity contribution in [3.8, 4) is 18.1 Å². The molecule has 0 amide bonds. The fraction of sp³-hybridized carbons (Fsp3) is 0.263. The zero-order valence-electron chi connectivity index (χ0n) is 12.2. The highest BCUT2D eigenvalue weighted by molar-refractivity contribution is 5.51. The lowest BCUT2D eigenvalue weighted by Gasteiger charge is -2.26. The van der Waals surface area contributed by atoms with Gasteiger partial charge in [-0.3, -0.25) is 0 Å². The Morgan fingerprint density at radius 2 is 2.10 bits per heavy atom. The zero-order valence-corrected chi connectivity index (χ0v) is 12.2. The van der Waals surface area contributed by atoms with Crippen molar-refractivity contribution in [2.75, 3.05) is 12.4 Å². The Kier molecular flexibility index (Phi) is 3.83. The third kappa shape index (κ3) is 3.03. The topological polar surface area (TPSA) is 21.3 Å². The van der Waals surface area contributed by atoms with Gasteiger partial charge >= 0.3 is 0 Å². The number of ether oxygens (including phenoxy) is 1. The molecule has 106 valence electrons. The third-order valence-corrected chi connectivity index (χ3v) is 4.04. The number of rotatable bonds is 3. The molecule has 0 saturated heterocycles. The predicted octanol–water partition coefficient (Wildman–Crippen LogP) is 3.65. The number of nitrogens with one attached hydrogen (secondary N) is 1. The summed E-state index contributed by atoms with van der Waals surface area (Å²) in [5.41, 5.74) is 4.83. The number of terminal acetylenes is 1. The highest BCUT2D eigenvalue weighted by Crippen LogP contribution is 2.27. The van der Waals surface area contributed by atoms with Crippen LogP contribution >= 0.6 is 0 Å². The number of anilines is 1. The Labute approximate surface area is 126 Å². The molecule has 0 aliphatic heterocycles. The van der Waals surface area contributed by atoms with Crippen molar-refractivity contribution in [3.05, 3.63) is 59.2 Å². The van der Waals surface area contributed by atoms with Crippen LogP contribution in [-0.4, -0.2) is 13.2 Å². The Morgan fingerprint density at radius 3 is 2.90 bits per heavy atom. The fourth-order valence-corrected chi connectivity index (χ4v) is 2.92. The maximum Gasteiger partial charge on any atom is 0.119 e. The van der Waals surface area contributed by atoms with E-state index in [0.29, 0.717) is 6.04 Å². The molecule has 0 saturated carbocycles. The van der Waals surface area contributed by atoms with Crippen LogP contribution in [-0.2, 0) is 12.8 Å². The molecule has 3 rings (SSSR count). The van der Waals surface area contributed by atoms with Crippen molar-refractivity contribution in [2.24, 2.45) is 0 Å². The molecule has 21 heavy (non-hydrogen) atoms. The molecule has 2 nitrogen and oxygen atoms in total. The van der Waals surface area contributed by atoms with E-state index in [9.17, 15) is 0 Å². The van der Waals surface area contributed by atoms with E-state index in [1.54, 1.807) is 7.11 Å². The van der Waals surface area contributed by atoms with E-state index in [-0.39, 0.29) is 0 Å². The summed E-state index contributed by atoms with van der Waals surface area (Å²) in [6, 6.07) is 14.9. The van der Waals surface area contributed by atoms with Gasteiger partial charge in [-0.2, -0.15) is 0 Å². The van der Waals surface area contributed by atoms with Crippen molar-refractivity contribution >= 4 is 5.69 Å². The molecule has 0 spiro atoms. The summed E-state index contributed by atoms with van der Waals surface area (Å²) < 4.78 is 5.32. The van der Waals surface area contributed by atoms with Gasteiger partial charge in [0.2, 0.25) is 0 Å². The van der Waals surface area contributed by atoms with E-state index in [1.807, 2.05) is 24.3 Å². The van der Waals surface area contributed by atoms with Gasteiger partial charge in [0.25, 0.3) is 0 Å². The molecular formula is C19H19NO. The van der Waals surface area contributed by atoms with Gasteiger partial charge in [0.05, 0.1) is 7.11 Å². The van der Waals surface area contributed by atoms with Crippen LogP contribution in [0.5, 0.6) is 5.75 Å². The van der Waals surface area contributed by atoms with Crippen LogP contribution in [0, 0.1) is 12.3 Å². The first-order valence-corrected chi connectivity index (χ1v) is 7.27. The maximum atomic E-state index is 5.46. The smallest absolute Gasteiger partial charge is 0.119 e. The second-order valence-corrected chi connectivity index (χ2v) is 5.44. The minimum atomic E-state index is 0.442. The molecule has 0 aromatic heterocycles. The van der Waals surface area contributed by atoms with Gasteiger partial charge in [0.15, 0.2) is 0 Å². The van der Waals surface area contributed by atoms with Crippen LogP contribution in [0.25, 0.3) is 0 Å². The molecule has 1 N–H and O–H groups in total. The van der Waals surface area contributed by atoms with Gasteiger partial charge in [-0.15, -0.1) is 6.42 Å². The largest absolute Gasteiger partial charge is 0.497 e. The van der Waals surface area contributed by atoms with Gasteiger partial charge in [-0.25, -0.2) is 0 Å². The quantitative estimate of drug-likeness (QED) is 0.865. The van der Waals surface area contributed by atoms with Crippen LogP contribution in [0.3, 0.4) is 0 Å². The molecule has 1 aliphatic carbocycles. The molecule has 0 fully saturated rings. The van der Waals surface area contributed by atoms with E-state index >= 15 is 0 Å². The van der Waals surface area contributed by atoms with Crippen molar-refractivity contribution in [1.82, 2.24) is 0 Å². The number of aryl methyl sites for hydroxylation is 1. The van der Waals surface area contributed by atoms with E-state index in [0.717, 1.165) is 36.3 Å². The Bertz CT molecular complexity index is 684. The van der Waals surface area contributed by atoms with Gasteiger partial charge in [0.1, 0.15) is 5.75 Å². The third-order valence-electron chi connectivity index (χ3n) is 4.04. The Morgan fingerprint density at radius 1 is 1.19 bits per heavy atom. The van der Waals surface area contributed by atoms with Crippen molar-refractivity contribution in [1.29, 1.82) is 0 Å². The van der Waals surface area contributed by atoms with Crippen LogP contribution in [0.15, 0.2) is 42.5 Å². The number of hydrogen-bond acceptors (Lipinski definition) is 2. The number of benzene rings is 2. The normalized spacial score (nSPS) is 16.7. The number of methoxy groups -OCH3 is 1. The van der Waals surface area contributed by atoms with E-state index < -0.39 is 0 Å². The Balaban J connectivity index is 1.75. The summed E-state index contributed by atoms with van der Waals surface area (Å²) in [4.78, 5) is 0. The minimum Gasteiger partial charge on any atom is -0.497 e. The molecule has 1 atom stereocenters. The molecule has 2 aromatic carbocycles. The number of fused-ring (bicyclic) bond motifs is 1. The summed E-state index contributed by atoms with van der Waals surface area (Å²) in [7, 11) is 1.71. The SMILES string of the molecule is C#Cc1cccc(NC2CCc3ccc(OC)cc3C2)c1. The summed E-state index contributed by atoms with van der Waals surface area (Å²) in [5.74, 6) is 3.61. The lowest BCUT2D eigenvalue weighted by Crippen LogP contribution is -2.27. The second kappa shape index (κ2) is 5.93. The van der Waals surface area contributed by atoms with Crippen molar-refractivity contribution < 1.29 is 4.74 Å². The average Bonchev–Trinajstić information content (AvgIpc) is 2.54. The van der Waals surface area contributed by atoms with Crippen molar-refractivity contribution in [2.45, 2.75) is 25.3 Å². The maximum absolute atomic E-state index is 5.46. The molecule has 1 aliphatic rings. The lowest BCUT2D eigenvalue weighted by molar-refractivity contribution is 0.413. The molecular weight excluding hydrogens is 258 g/mol. The molecule has 0 heterocycles. The highest BCUT2D eigenvalue weighted by Gasteiger charge is 2.19. The summed E-state index contributed by atoms with van der Waals surface area (Å²) in [6.45, 7) is 0. The first kappa shape index (κ1) is 13.6. The highest BCUT2D eigenvalue weighted by atomic mass is 16.5. The molecule has 1 unspecified atom stereocenters. The predicted molar refractivity (Wildman–Crippen MR) is 86.8 cm³/mol. The van der Waals surface area contributed by atoms with E-state index in [2.05, 4.69) is 29.4 Å². The average molecular weight is 277 g/mol. The van der Waals surface area contributed by atoms with Crippen LogP contribution in [0.1, 0.15) is 23.1 Å². The van der Waals surface area contributed by atoms with Crippen LogP contribution in [0.4, 0.5) is 5.69 Å². The summed E-state index contributed by atoms with van der Waals surface area (Å²) in [5, 5.41) is 3.60. The van der Waals surface area contributed by atoms with Gasteiger partial charge < -0.3 is 10.1 Å². The van der Waals surface area contributed by atoms with Gasteiger partial charge in [-0.05, 0) is 60.7 Å². The fourth-order valence-electron chi connectivity index (χ4n) is 2.92. The Hall–Kier alpha value is -2.40. The first-order chi connectivity index (χ1) is 10.3.